The molecule has 3 aromatic rings. The minimum atomic E-state index is 0.520. The number of H-pyrrole nitrogens is 1. The summed E-state index contributed by atoms with van der Waals surface area (Å²) in [4.78, 5) is 6.80. The fourth-order valence-corrected chi connectivity index (χ4v) is 3.18. The van der Waals surface area contributed by atoms with Gasteiger partial charge in [0.1, 0.15) is 5.75 Å². The quantitative estimate of drug-likeness (QED) is 0.576. The van der Waals surface area contributed by atoms with Gasteiger partial charge in [-0.3, -0.25) is 10.00 Å². The molecule has 0 fully saturated rings. The van der Waals surface area contributed by atoms with Crippen LogP contribution in [0.15, 0.2) is 48.5 Å². The summed E-state index contributed by atoms with van der Waals surface area (Å²) in [6, 6.07) is 17.6. The summed E-state index contributed by atoms with van der Waals surface area (Å²) in [7, 11) is 1.65. The molecule has 0 spiro atoms. The van der Waals surface area contributed by atoms with Gasteiger partial charge in [-0.25, -0.2) is 4.68 Å². The average molecular weight is 394 g/mol. The molecule has 0 amide bonds. The molecule has 0 atom stereocenters. The van der Waals surface area contributed by atoms with Crippen LogP contribution in [-0.2, 0) is 13.2 Å². The zero-order valence-corrected chi connectivity index (χ0v) is 16.9. The smallest absolute Gasteiger partial charge is 0.217 e. The zero-order valence-electron chi connectivity index (χ0n) is 16.1. The number of nitriles is 1. The second kappa shape index (κ2) is 9.31. The van der Waals surface area contributed by atoms with Crippen molar-refractivity contribution in [2.45, 2.75) is 26.6 Å². The first-order chi connectivity index (χ1) is 13.6. The van der Waals surface area contributed by atoms with Crippen LogP contribution in [0, 0.1) is 16.1 Å². The van der Waals surface area contributed by atoms with Gasteiger partial charge in [0.15, 0.2) is 5.82 Å². The summed E-state index contributed by atoms with van der Waals surface area (Å²) >= 11 is 5.45. The van der Waals surface area contributed by atoms with E-state index in [1.807, 2.05) is 53.2 Å². The molecular weight excluding hydrogens is 370 g/mol. The number of aromatic amines is 1. The van der Waals surface area contributed by atoms with Crippen LogP contribution in [-0.4, -0.2) is 33.3 Å². The predicted octanol–water partition coefficient (Wildman–Crippen LogP) is 4.36. The maximum atomic E-state index is 8.95. The SMILES string of the molecule is CCCN(Cc1ccc(C#N)cc1)Cn1[nH]c(-c2ccc(OC)cc2)nc1=S. The van der Waals surface area contributed by atoms with Crippen LogP contribution >= 0.6 is 12.2 Å². The van der Waals surface area contributed by atoms with Crippen molar-refractivity contribution in [3.8, 4) is 23.2 Å². The Morgan fingerprint density at radius 3 is 2.50 bits per heavy atom. The minimum Gasteiger partial charge on any atom is -0.497 e. The van der Waals surface area contributed by atoms with Crippen LogP contribution in [0.4, 0.5) is 0 Å². The van der Waals surface area contributed by atoms with Crippen LogP contribution < -0.4 is 4.74 Å². The first-order valence-corrected chi connectivity index (χ1v) is 9.56. The lowest BCUT2D eigenvalue weighted by Gasteiger charge is -2.22. The molecule has 1 heterocycles. The van der Waals surface area contributed by atoms with Gasteiger partial charge in [-0.1, -0.05) is 19.1 Å². The molecule has 0 unspecified atom stereocenters. The van der Waals surface area contributed by atoms with Gasteiger partial charge in [0.2, 0.25) is 4.77 Å². The summed E-state index contributed by atoms with van der Waals surface area (Å²) < 4.78 is 7.61. The average Bonchev–Trinajstić information content (AvgIpc) is 3.09. The number of ether oxygens (including phenoxy) is 1. The van der Waals surface area contributed by atoms with E-state index in [4.69, 9.17) is 22.2 Å². The van der Waals surface area contributed by atoms with Crippen molar-refractivity contribution in [3.63, 3.8) is 0 Å². The number of methoxy groups -OCH3 is 1. The van der Waals surface area contributed by atoms with Crippen LogP contribution in [0.2, 0.25) is 0 Å². The third-order valence-corrected chi connectivity index (χ3v) is 4.72. The number of nitrogens with zero attached hydrogens (tertiary/aromatic N) is 4. The Balaban J connectivity index is 1.76. The second-order valence-corrected chi connectivity index (χ2v) is 6.88. The minimum absolute atomic E-state index is 0.520. The maximum Gasteiger partial charge on any atom is 0.217 e. The van der Waals surface area contributed by atoms with E-state index in [1.54, 1.807) is 7.11 Å². The summed E-state index contributed by atoms with van der Waals surface area (Å²) in [6.07, 6.45) is 1.03. The summed E-state index contributed by atoms with van der Waals surface area (Å²) in [5.74, 6) is 1.54. The van der Waals surface area contributed by atoms with Gasteiger partial charge in [0.25, 0.3) is 0 Å². The van der Waals surface area contributed by atoms with Crippen molar-refractivity contribution in [2.75, 3.05) is 13.7 Å². The Hall–Kier alpha value is -2.95. The van der Waals surface area contributed by atoms with Crippen molar-refractivity contribution in [3.05, 3.63) is 64.4 Å². The topological polar surface area (TPSA) is 69.9 Å². The second-order valence-electron chi connectivity index (χ2n) is 6.51. The molecular formula is C21H23N5OS. The van der Waals surface area contributed by atoms with E-state index in [0.29, 0.717) is 17.0 Å². The Labute approximate surface area is 170 Å². The Morgan fingerprint density at radius 2 is 1.89 bits per heavy atom. The summed E-state index contributed by atoms with van der Waals surface area (Å²) in [5, 5.41) is 12.3. The third-order valence-electron chi connectivity index (χ3n) is 4.41. The number of rotatable bonds is 8. The molecule has 28 heavy (non-hydrogen) atoms. The predicted molar refractivity (Wildman–Crippen MR) is 111 cm³/mol. The Bertz CT molecular complexity index is 999. The molecule has 0 saturated carbocycles. The molecule has 0 saturated heterocycles. The fourth-order valence-electron chi connectivity index (χ4n) is 2.99. The highest BCUT2D eigenvalue weighted by atomic mass is 32.1. The van der Waals surface area contributed by atoms with Crippen molar-refractivity contribution in [1.29, 1.82) is 5.26 Å². The molecule has 0 aliphatic heterocycles. The zero-order chi connectivity index (χ0) is 19.9. The van der Waals surface area contributed by atoms with Gasteiger partial charge < -0.3 is 4.74 Å². The highest BCUT2D eigenvalue weighted by Crippen LogP contribution is 2.19. The standard InChI is InChI=1S/C21H23N5OS/c1-3-12-25(14-17-6-4-16(13-22)5-7-17)15-26-21(28)23-20(24-26)18-8-10-19(27-2)11-9-18/h4-11H,3,12,14-15H2,1-2H3,(H,23,24,28). The summed E-state index contributed by atoms with van der Waals surface area (Å²) in [6.45, 7) is 4.48. The largest absolute Gasteiger partial charge is 0.497 e. The molecule has 1 aromatic heterocycles. The van der Waals surface area contributed by atoms with Crippen molar-refractivity contribution in [1.82, 2.24) is 19.7 Å². The first kappa shape index (κ1) is 19.8. The van der Waals surface area contributed by atoms with E-state index >= 15 is 0 Å². The monoisotopic (exact) mass is 393 g/mol. The van der Waals surface area contributed by atoms with E-state index in [9.17, 15) is 0 Å². The van der Waals surface area contributed by atoms with Crippen LogP contribution in [0.3, 0.4) is 0 Å². The number of hydrogen-bond donors (Lipinski definition) is 1. The highest BCUT2D eigenvalue weighted by molar-refractivity contribution is 7.71. The maximum absolute atomic E-state index is 8.95. The first-order valence-electron chi connectivity index (χ1n) is 9.15. The van der Waals surface area contributed by atoms with Gasteiger partial charge in [-0.15, -0.1) is 0 Å². The molecule has 3 rings (SSSR count). The molecule has 7 heteroatoms. The van der Waals surface area contributed by atoms with Gasteiger partial charge in [0.05, 0.1) is 25.4 Å². The Kier molecular flexibility index (Phi) is 6.58. The number of benzene rings is 2. The molecule has 0 aliphatic rings. The lowest BCUT2D eigenvalue weighted by molar-refractivity contribution is 0.197. The normalized spacial score (nSPS) is 10.8. The van der Waals surface area contributed by atoms with Crippen molar-refractivity contribution < 1.29 is 4.74 Å². The molecule has 2 aromatic carbocycles. The number of aromatic nitrogens is 3. The van der Waals surface area contributed by atoms with Crippen LogP contribution in [0.25, 0.3) is 11.4 Å². The summed E-state index contributed by atoms with van der Waals surface area (Å²) in [5.41, 5.74) is 2.79. The third kappa shape index (κ3) is 4.85. The molecule has 0 radical (unpaired) electrons. The molecule has 144 valence electrons. The lowest BCUT2D eigenvalue weighted by atomic mass is 10.1. The Morgan fingerprint density at radius 1 is 1.18 bits per heavy atom. The van der Waals surface area contributed by atoms with E-state index < -0.39 is 0 Å². The molecule has 0 bridgehead atoms. The number of hydrogen-bond acceptors (Lipinski definition) is 5. The van der Waals surface area contributed by atoms with Crippen LogP contribution in [0.1, 0.15) is 24.5 Å². The van der Waals surface area contributed by atoms with Crippen molar-refractivity contribution in [2.24, 2.45) is 0 Å². The van der Waals surface area contributed by atoms with Gasteiger partial charge in [-0.05, 0) is 67.1 Å². The van der Waals surface area contributed by atoms with Crippen molar-refractivity contribution >= 4 is 12.2 Å². The van der Waals surface area contributed by atoms with E-state index in [1.165, 1.54) is 0 Å². The van der Waals surface area contributed by atoms with Crippen LogP contribution in [0.5, 0.6) is 5.75 Å². The van der Waals surface area contributed by atoms with Gasteiger partial charge >= 0.3 is 0 Å². The number of nitrogens with one attached hydrogen (secondary N) is 1. The highest BCUT2D eigenvalue weighted by Gasteiger charge is 2.10. The van der Waals surface area contributed by atoms with E-state index in [0.717, 1.165) is 42.2 Å². The fraction of sp³-hybridized carbons (Fsp3) is 0.286. The van der Waals surface area contributed by atoms with Gasteiger partial charge in [0, 0.05) is 12.1 Å². The van der Waals surface area contributed by atoms with E-state index in [-0.39, 0.29) is 0 Å². The van der Waals surface area contributed by atoms with E-state index in [2.05, 4.69) is 28.0 Å². The molecule has 1 N–H and O–H groups in total. The molecule has 6 nitrogen and oxygen atoms in total. The van der Waals surface area contributed by atoms with Gasteiger partial charge in [-0.2, -0.15) is 10.2 Å². The lowest BCUT2D eigenvalue weighted by Crippen LogP contribution is -2.27. The molecule has 0 aliphatic carbocycles.